The van der Waals surface area contributed by atoms with Crippen molar-refractivity contribution in [2.45, 2.75) is 67.5 Å². The van der Waals surface area contributed by atoms with Gasteiger partial charge in [-0.25, -0.2) is 19.9 Å². The van der Waals surface area contributed by atoms with Crippen LogP contribution >= 0.6 is 0 Å². The molecule has 0 aliphatic heterocycles. The Morgan fingerprint density at radius 1 is 0.475 bits per heavy atom. The molecule has 0 saturated heterocycles. The molecule has 0 spiro atoms. The number of nitrogens with zero attached hydrogens (tertiary/aromatic N) is 6. The lowest BCUT2D eigenvalue weighted by Gasteiger charge is -2.14. The number of hydrogen-bond acceptors (Lipinski definition) is 7. The van der Waals surface area contributed by atoms with Crippen LogP contribution in [0.1, 0.15) is 58.1 Å². The lowest BCUT2D eigenvalue weighted by Crippen LogP contribution is -2.05. The van der Waals surface area contributed by atoms with Gasteiger partial charge in [-0.1, -0.05) is 109 Å². The van der Waals surface area contributed by atoms with E-state index in [1.165, 1.54) is 22.3 Å². The van der Waals surface area contributed by atoms with Crippen LogP contribution in [0.15, 0.2) is 133 Å². The summed E-state index contributed by atoms with van der Waals surface area (Å²) in [6.07, 6.45) is 6.04. The van der Waals surface area contributed by atoms with Gasteiger partial charge in [-0.3, -0.25) is 0 Å². The average molecular weight is 809 g/mol. The van der Waals surface area contributed by atoms with Crippen molar-refractivity contribution in [3.63, 3.8) is 0 Å². The standard InChI is InChI=1S/C52H52N6O3/c1-35-37(3)53-51(60-45-23-15-9-16-24-45)47-49(35)57(39(5)55-47)31-27-43(41-19-11-7-12-20-41)29-33-59-34-30-44(42-21-13-8-14-22-42)28-32-58-40(6)56-48-50(58)36(2)38(4)54-52(48)61-46-25-17-10-18-26-46/h7-26,29-30H,27-28,31-34H2,1-6H3/b43-29+,44-30+. The van der Waals surface area contributed by atoms with Crippen LogP contribution in [0.3, 0.4) is 0 Å². The molecule has 0 fully saturated rings. The molecule has 0 aliphatic carbocycles. The third kappa shape index (κ3) is 9.17. The van der Waals surface area contributed by atoms with Crippen LogP contribution in [-0.4, -0.2) is 42.3 Å². The summed E-state index contributed by atoms with van der Waals surface area (Å²) in [4.78, 5) is 19.6. The minimum atomic E-state index is 0.477. The maximum Gasteiger partial charge on any atom is 0.247 e. The Labute approximate surface area is 358 Å². The van der Waals surface area contributed by atoms with Gasteiger partial charge < -0.3 is 23.3 Å². The third-order valence-corrected chi connectivity index (χ3v) is 11.4. The second-order valence-corrected chi connectivity index (χ2v) is 15.3. The van der Waals surface area contributed by atoms with Crippen LogP contribution in [0.2, 0.25) is 0 Å². The van der Waals surface area contributed by atoms with Crippen LogP contribution in [-0.2, 0) is 17.8 Å². The molecule has 0 amide bonds. The van der Waals surface area contributed by atoms with Crippen molar-refractivity contribution in [3.05, 3.63) is 179 Å². The van der Waals surface area contributed by atoms with Gasteiger partial charge in [0.25, 0.3) is 0 Å². The summed E-state index contributed by atoms with van der Waals surface area (Å²) >= 11 is 0. The molecule has 4 heterocycles. The van der Waals surface area contributed by atoms with Gasteiger partial charge in [0.05, 0.1) is 24.2 Å². The highest BCUT2D eigenvalue weighted by Crippen LogP contribution is 2.34. The van der Waals surface area contributed by atoms with Crippen LogP contribution in [0.5, 0.6) is 23.3 Å². The van der Waals surface area contributed by atoms with E-state index in [1.54, 1.807) is 0 Å². The Balaban J connectivity index is 0.999. The van der Waals surface area contributed by atoms with Gasteiger partial charge in [0.1, 0.15) is 23.1 Å². The van der Waals surface area contributed by atoms with Crippen LogP contribution < -0.4 is 9.47 Å². The number of aryl methyl sites for hydroxylation is 8. The third-order valence-electron chi connectivity index (χ3n) is 11.4. The first-order valence-electron chi connectivity index (χ1n) is 21.0. The first-order chi connectivity index (χ1) is 29.7. The van der Waals surface area contributed by atoms with Crippen molar-refractivity contribution in [3.8, 4) is 23.3 Å². The van der Waals surface area contributed by atoms with E-state index in [-0.39, 0.29) is 0 Å². The van der Waals surface area contributed by atoms with Gasteiger partial charge in [-0.2, -0.15) is 0 Å². The summed E-state index contributed by atoms with van der Waals surface area (Å²) in [5, 5.41) is 0. The predicted octanol–water partition coefficient (Wildman–Crippen LogP) is 12.3. The highest BCUT2D eigenvalue weighted by Gasteiger charge is 2.21. The molecule has 0 atom stereocenters. The Hall–Kier alpha value is -6.84. The number of allylic oxidation sites excluding steroid dienone is 2. The Bertz CT molecular complexity index is 2630. The normalized spacial score (nSPS) is 12.1. The Morgan fingerprint density at radius 2 is 0.836 bits per heavy atom. The van der Waals surface area contributed by atoms with Crippen molar-refractivity contribution >= 4 is 33.2 Å². The van der Waals surface area contributed by atoms with Crippen molar-refractivity contribution in [2.75, 3.05) is 13.2 Å². The molecule has 308 valence electrons. The summed E-state index contributed by atoms with van der Waals surface area (Å²) in [6, 6.07) is 40.7. The number of aromatic nitrogens is 6. The zero-order valence-electron chi connectivity index (χ0n) is 35.9. The minimum Gasteiger partial charge on any atom is -0.437 e. The molecule has 4 aromatic carbocycles. The highest BCUT2D eigenvalue weighted by molar-refractivity contribution is 5.86. The maximum absolute atomic E-state index is 6.37. The van der Waals surface area contributed by atoms with E-state index in [1.807, 2.05) is 74.5 Å². The first kappa shape index (κ1) is 40.9. The molecule has 4 aromatic heterocycles. The SMILES string of the molecule is Cc1nc(Oc2ccccc2)c2nc(C)n(CC/C(=C\COC/C=C(\CCn3c(C)nc4c(Oc5ccccc5)nc(C)c(C)c43)c3ccccc3)c3ccccc3)c2c1C. The first-order valence-corrected chi connectivity index (χ1v) is 21.0. The number of pyridine rings is 2. The number of ether oxygens (including phenoxy) is 3. The van der Waals surface area contributed by atoms with E-state index in [0.29, 0.717) is 25.0 Å². The summed E-state index contributed by atoms with van der Waals surface area (Å²) in [7, 11) is 0. The Morgan fingerprint density at radius 3 is 1.21 bits per heavy atom. The Kier molecular flexibility index (Phi) is 12.5. The lowest BCUT2D eigenvalue weighted by atomic mass is 10.0. The van der Waals surface area contributed by atoms with Gasteiger partial charge in [0.15, 0.2) is 11.0 Å². The number of para-hydroxylation sites is 2. The fourth-order valence-electron chi connectivity index (χ4n) is 7.88. The summed E-state index contributed by atoms with van der Waals surface area (Å²) in [6.45, 7) is 14.8. The fraction of sp³-hybridized carbons (Fsp3) is 0.231. The maximum atomic E-state index is 6.37. The second kappa shape index (κ2) is 18.6. The molecule has 0 N–H and O–H groups in total. The van der Waals surface area contributed by atoms with Crippen molar-refractivity contribution in [2.24, 2.45) is 0 Å². The van der Waals surface area contributed by atoms with Crippen LogP contribution in [0.25, 0.3) is 33.2 Å². The van der Waals surface area contributed by atoms with Crippen molar-refractivity contribution in [1.29, 1.82) is 0 Å². The zero-order chi connectivity index (χ0) is 42.3. The van der Waals surface area contributed by atoms with Gasteiger partial charge in [0.2, 0.25) is 11.8 Å². The molecule has 8 rings (SSSR count). The fourth-order valence-corrected chi connectivity index (χ4v) is 7.88. The van der Waals surface area contributed by atoms with E-state index in [9.17, 15) is 0 Å². The van der Waals surface area contributed by atoms with Gasteiger partial charge in [0, 0.05) is 24.5 Å². The van der Waals surface area contributed by atoms with Gasteiger partial charge >= 0.3 is 0 Å². The highest BCUT2D eigenvalue weighted by atomic mass is 16.5. The number of benzene rings is 4. The number of rotatable bonds is 16. The average Bonchev–Trinajstić information content (AvgIpc) is 3.80. The topological polar surface area (TPSA) is 89.1 Å². The molecular weight excluding hydrogens is 757 g/mol. The lowest BCUT2D eigenvalue weighted by molar-refractivity contribution is 0.194. The molecule has 9 nitrogen and oxygen atoms in total. The second-order valence-electron chi connectivity index (χ2n) is 15.3. The van der Waals surface area contributed by atoms with Crippen LogP contribution in [0.4, 0.5) is 0 Å². The quantitative estimate of drug-likeness (QED) is 0.0898. The van der Waals surface area contributed by atoms with Crippen molar-refractivity contribution < 1.29 is 14.2 Å². The van der Waals surface area contributed by atoms with E-state index < -0.39 is 0 Å². The molecule has 0 saturated carbocycles. The van der Waals surface area contributed by atoms with E-state index >= 15 is 0 Å². The molecule has 61 heavy (non-hydrogen) atoms. The van der Waals surface area contributed by atoms with Crippen LogP contribution in [0, 0.1) is 41.5 Å². The molecule has 0 radical (unpaired) electrons. The summed E-state index contributed by atoms with van der Waals surface area (Å²) < 4.78 is 23.5. The van der Waals surface area contributed by atoms with E-state index in [2.05, 4.69) is 110 Å². The molecule has 8 aromatic rings. The zero-order valence-corrected chi connectivity index (χ0v) is 35.9. The van der Waals surface area contributed by atoms with Gasteiger partial charge in [-0.15, -0.1) is 0 Å². The molecule has 0 unspecified atom stereocenters. The molecule has 0 aliphatic rings. The van der Waals surface area contributed by atoms with E-state index in [4.69, 9.17) is 34.1 Å². The molecule has 9 heteroatoms. The number of hydrogen-bond donors (Lipinski definition) is 0. The van der Waals surface area contributed by atoms with E-state index in [0.717, 1.165) is 93.7 Å². The monoisotopic (exact) mass is 808 g/mol. The minimum absolute atomic E-state index is 0.477. The van der Waals surface area contributed by atoms with Crippen molar-refractivity contribution in [1.82, 2.24) is 29.1 Å². The number of imidazole rings is 2. The predicted molar refractivity (Wildman–Crippen MR) is 245 cm³/mol. The van der Waals surface area contributed by atoms with Gasteiger partial charge in [-0.05, 0) is 112 Å². The number of fused-ring (bicyclic) bond motifs is 2. The molecule has 0 bridgehead atoms. The largest absolute Gasteiger partial charge is 0.437 e. The smallest absolute Gasteiger partial charge is 0.247 e. The molecular formula is C52H52N6O3. The summed E-state index contributed by atoms with van der Waals surface area (Å²) in [5.41, 5.74) is 12.5. The summed E-state index contributed by atoms with van der Waals surface area (Å²) in [5.74, 6) is 4.38.